The van der Waals surface area contributed by atoms with E-state index in [1.807, 2.05) is 24.3 Å². The van der Waals surface area contributed by atoms with Gasteiger partial charge >= 0.3 is 0 Å². The monoisotopic (exact) mass is 383 g/mol. The van der Waals surface area contributed by atoms with Crippen molar-refractivity contribution in [1.29, 1.82) is 0 Å². The second kappa shape index (κ2) is 8.75. The Morgan fingerprint density at radius 1 is 0.923 bits per heavy atom. The van der Waals surface area contributed by atoms with Crippen LogP contribution in [-0.4, -0.2) is 13.3 Å². The van der Waals surface area contributed by atoms with Gasteiger partial charge in [0, 0.05) is 19.3 Å². The van der Waals surface area contributed by atoms with Gasteiger partial charge in [0.15, 0.2) is 0 Å². The van der Waals surface area contributed by atoms with Crippen LogP contribution >= 0.6 is 23.2 Å². The van der Waals surface area contributed by atoms with Crippen LogP contribution in [0.4, 0.5) is 11.4 Å². The number of nitrogens with one attached hydrogen (secondary N) is 1. The molecule has 0 bridgehead atoms. The highest BCUT2D eigenvalue weighted by molar-refractivity contribution is 6.42. The molecule has 0 aliphatic heterocycles. The van der Waals surface area contributed by atoms with E-state index in [0.29, 0.717) is 10.0 Å². The molecule has 3 aromatic rings. The molecule has 132 valence electrons. The maximum atomic E-state index is 5.99. The lowest BCUT2D eigenvalue weighted by molar-refractivity contribution is 0.923. The Labute approximate surface area is 163 Å². The van der Waals surface area contributed by atoms with Crippen LogP contribution in [0.1, 0.15) is 11.1 Å². The quantitative estimate of drug-likeness (QED) is 0.412. The van der Waals surface area contributed by atoms with Crippen molar-refractivity contribution in [1.82, 2.24) is 0 Å². The average molecular weight is 384 g/mol. The Balaban J connectivity index is 1.59. The Morgan fingerprint density at radius 2 is 1.65 bits per heavy atom. The average Bonchev–Trinajstić information content (AvgIpc) is 2.66. The summed E-state index contributed by atoms with van der Waals surface area (Å²) in [6.07, 6.45) is 1.77. The summed E-state index contributed by atoms with van der Waals surface area (Å²) >= 11 is 11.9. The Bertz CT molecular complexity index is 878. The van der Waals surface area contributed by atoms with Gasteiger partial charge in [-0.05, 0) is 41.5 Å². The Kier molecular flexibility index (Phi) is 6.16. The predicted molar refractivity (Wildman–Crippen MR) is 113 cm³/mol. The van der Waals surface area contributed by atoms with Crippen LogP contribution in [0.2, 0.25) is 10.0 Å². The summed E-state index contributed by atoms with van der Waals surface area (Å²) < 4.78 is 0. The molecule has 0 aliphatic carbocycles. The summed E-state index contributed by atoms with van der Waals surface area (Å²) in [7, 11) is 2.09. The number of anilines is 2. The summed E-state index contributed by atoms with van der Waals surface area (Å²) in [6.45, 7) is 0.868. The molecule has 3 nitrogen and oxygen atoms in total. The number of hydrazone groups is 1. The molecule has 0 fully saturated rings. The van der Waals surface area contributed by atoms with Crippen LogP contribution in [0, 0.1) is 0 Å². The van der Waals surface area contributed by atoms with Gasteiger partial charge in [0.05, 0.1) is 21.9 Å². The third kappa shape index (κ3) is 5.01. The highest BCUT2D eigenvalue weighted by Gasteiger charge is 2.02. The standard InChI is InChI=1S/C21H19Cl2N3/c1-26(15-17-5-3-2-4-6-17)19-10-7-16(8-11-19)14-24-25-18-9-12-20(22)21(23)13-18/h2-14,25H,15H2,1H3. The molecule has 0 radical (unpaired) electrons. The highest BCUT2D eigenvalue weighted by atomic mass is 35.5. The van der Waals surface area contributed by atoms with Crippen molar-refractivity contribution in [2.45, 2.75) is 6.54 Å². The first-order valence-electron chi connectivity index (χ1n) is 8.21. The van der Waals surface area contributed by atoms with E-state index in [2.05, 4.69) is 58.9 Å². The van der Waals surface area contributed by atoms with Crippen molar-refractivity contribution in [2.24, 2.45) is 5.10 Å². The van der Waals surface area contributed by atoms with E-state index in [4.69, 9.17) is 23.2 Å². The molecule has 0 atom stereocenters. The summed E-state index contributed by atoms with van der Waals surface area (Å²) in [5, 5.41) is 5.26. The molecule has 0 aromatic heterocycles. The van der Waals surface area contributed by atoms with Gasteiger partial charge in [-0.25, -0.2) is 0 Å². The lowest BCUT2D eigenvalue weighted by atomic mass is 10.2. The van der Waals surface area contributed by atoms with E-state index in [1.54, 1.807) is 18.3 Å². The molecule has 0 saturated heterocycles. The smallest absolute Gasteiger partial charge is 0.0613 e. The van der Waals surface area contributed by atoms with E-state index in [0.717, 1.165) is 23.5 Å². The zero-order valence-corrected chi connectivity index (χ0v) is 15.9. The van der Waals surface area contributed by atoms with Gasteiger partial charge < -0.3 is 4.90 Å². The van der Waals surface area contributed by atoms with Gasteiger partial charge in [0.1, 0.15) is 0 Å². The van der Waals surface area contributed by atoms with Crippen LogP contribution in [0.3, 0.4) is 0 Å². The molecule has 3 rings (SSSR count). The molecule has 0 amide bonds. The minimum atomic E-state index is 0.498. The molecular weight excluding hydrogens is 365 g/mol. The topological polar surface area (TPSA) is 27.6 Å². The van der Waals surface area contributed by atoms with Crippen molar-refractivity contribution < 1.29 is 0 Å². The first kappa shape index (κ1) is 18.3. The van der Waals surface area contributed by atoms with E-state index < -0.39 is 0 Å². The highest BCUT2D eigenvalue weighted by Crippen LogP contribution is 2.25. The Morgan fingerprint density at radius 3 is 2.35 bits per heavy atom. The third-order valence-corrected chi connectivity index (χ3v) is 4.66. The fourth-order valence-corrected chi connectivity index (χ4v) is 2.81. The summed E-state index contributed by atoms with van der Waals surface area (Å²) in [6, 6.07) is 24.0. The first-order valence-corrected chi connectivity index (χ1v) is 8.97. The molecule has 0 saturated carbocycles. The van der Waals surface area contributed by atoms with Gasteiger partial charge in [-0.15, -0.1) is 0 Å². The van der Waals surface area contributed by atoms with E-state index in [1.165, 1.54) is 5.56 Å². The lowest BCUT2D eigenvalue weighted by Crippen LogP contribution is -2.16. The lowest BCUT2D eigenvalue weighted by Gasteiger charge is -2.19. The zero-order valence-electron chi connectivity index (χ0n) is 14.4. The van der Waals surface area contributed by atoms with E-state index in [-0.39, 0.29) is 0 Å². The first-order chi connectivity index (χ1) is 12.6. The van der Waals surface area contributed by atoms with Gasteiger partial charge in [-0.2, -0.15) is 5.10 Å². The maximum Gasteiger partial charge on any atom is 0.0613 e. The van der Waals surface area contributed by atoms with Crippen molar-refractivity contribution >= 4 is 40.8 Å². The van der Waals surface area contributed by atoms with Crippen LogP contribution in [0.15, 0.2) is 77.9 Å². The number of rotatable bonds is 6. The van der Waals surface area contributed by atoms with Gasteiger partial charge in [-0.3, -0.25) is 5.43 Å². The summed E-state index contributed by atoms with van der Waals surface area (Å²) in [5.74, 6) is 0. The molecule has 0 unspecified atom stereocenters. The van der Waals surface area contributed by atoms with Crippen LogP contribution in [0.5, 0.6) is 0 Å². The summed E-state index contributed by atoms with van der Waals surface area (Å²) in [4.78, 5) is 2.21. The second-order valence-corrected chi connectivity index (χ2v) is 6.75. The maximum absolute atomic E-state index is 5.99. The SMILES string of the molecule is CN(Cc1ccccc1)c1ccc(C=NNc2ccc(Cl)c(Cl)c2)cc1. The van der Waals surface area contributed by atoms with E-state index in [9.17, 15) is 0 Å². The number of hydrogen-bond acceptors (Lipinski definition) is 3. The largest absolute Gasteiger partial charge is 0.370 e. The van der Waals surface area contributed by atoms with Crippen molar-refractivity contribution in [3.05, 3.63) is 94.0 Å². The third-order valence-electron chi connectivity index (χ3n) is 3.92. The molecule has 26 heavy (non-hydrogen) atoms. The van der Waals surface area contributed by atoms with Crippen molar-refractivity contribution in [2.75, 3.05) is 17.4 Å². The van der Waals surface area contributed by atoms with Gasteiger partial charge in [0.25, 0.3) is 0 Å². The molecule has 3 aromatic carbocycles. The minimum Gasteiger partial charge on any atom is -0.370 e. The number of halogens is 2. The minimum absolute atomic E-state index is 0.498. The van der Waals surface area contributed by atoms with Crippen molar-refractivity contribution in [3.8, 4) is 0 Å². The van der Waals surface area contributed by atoms with Crippen LogP contribution < -0.4 is 10.3 Å². The van der Waals surface area contributed by atoms with Crippen LogP contribution in [0.25, 0.3) is 0 Å². The fourth-order valence-electron chi connectivity index (χ4n) is 2.51. The molecule has 0 spiro atoms. The number of nitrogens with zero attached hydrogens (tertiary/aromatic N) is 2. The van der Waals surface area contributed by atoms with E-state index >= 15 is 0 Å². The zero-order chi connectivity index (χ0) is 18.4. The molecule has 0 heterocycles. The molecular formula is C21H19Cl2N3. The molecule has 5 heteroatoms. The fraction of sp³-hybridized carbons (Fsp3) is 0.0952. The predicted octanol–water partition coefficient (Wildman–Crippen LogP) is 6.08. The summed E-state index contributed by atoms with van der Waals surface area (Å²) in [5.41, 5.74) is 7.18. The normalized spacial score (nSPS) is 10.9. The van der Waals surface area contributed by atoms with Crippen molar-refractivity contribution in [3.63, 3.8) is 0 Å². The second-order valence-electron chi connectivity index (χ2n) is 5.93. The van der Waals surface area contributed by atoms with Gasteiger partial charge in [-0.1, -0.05) is 65.7 Å². The molecule has 0 aliphatic rings. The molecule has 1 N–H and O–H groups in total. The number of hydrogen-bond donors (Lipinski definition) is 1. The van der Waals surface area contributed by atoms with Gasteiger partial charge in [0.2, 0.25) is 0 Å². The van der Waals surface area contributed by atoms with Crippen LogP contribution in [-0.2, 0) is 6.54 Å². The number of benzene rings is 3. The Hall–Kier alpha value is -2.49.